The maximum atomic E-state index is 5.06. The molecule has 128 valence electrons. The number of piperidine rings is 1. The molecule has 1 aromatic heterocycles. The summed E-state index contributed by atoms with van der Waals surface area (Å²) in [6.45, 7) is 7.29. The van der Waals surface area contributed by atoms with Crippen LogP contribution in [0.15, 0.2) is 12.1 Å². The standard InChI is InChI=1S/C19H29N3.ClH/c1-2-9-21-12-5-6-16-13-17-15(14-18(16)21)7-8-19(20-17)22-10-3-4-11-22;/h7-8,16,18H,2-6,9-14H2,1H3;1H/t16-,18-;/m0./s1. The Morgan fingerprint density at radius 1 is 1.09 bits per heavy atom. The fourth-order valence-electron chi connectivity index (χ4n) is 4.79. The van der Waals surface area contributed by atoms with E-state index in [9.17, 15) is 0 Å². The van der Waals surface area contributed by atoms with E-state index in [4.69, 9.17) is 4.98 Å². The van der Waals surface area contributed by atoms with Crippen LogP contribution in [0, 0.1) is 5.92 Å². The van der Waals surface area contributed by atoms with Gasteiger partial charge < -0.3 is 4.90 Å². The van der Waals surface area contributed by atoms with Crippen LogP contribution >= 0.6 is 12.4 Å². The van der Waals surface area contributed by atoms with Gasteiger partial charge in [-0.3, -0.25) is 4.90 Å². The van der Waals surface area contributed by atoms with Crippen LogP contribution in [0.5, 0.6) is 0 Å². The van der Waals surface area contributed by atoms with E-state index in [2.05, 4.69) is 28.9 Å². The van der Waals surface area contributed by atoms with Crippen molar-refractivity contribution < 1.29 is 0 Å². The summed E-state index contributed by atoms with van der Waals surface area (Å²) in [5.74, 6) is 2.07. The van der Waals surface area contributed by atoms with Gasteiger partial charge in [-0.2, -0.15) is 0 Å². The molecule has 3 nitrogen and oxygen atoms in total. The molecule has 2 fully saturated rings. The van der Waals surface area contributed by atoms with Crippen molar-refractivity contribution in [1.29, 1.82) is 0 Å². The summed E-state index contributed by atoms with van der Waals surface area (Å²) in [4.78, 5) is 10.3. The fraction of sp³-hybridized carbons (Fsp3) is 0.737. The number of rotatable bonds is 3. The number of halogens is 1. The number of pyridine rings is 1. The summed E-state index contributed by atoms with van der Waals surface area (Å²) >= 11 is 0. The smallest absolute Gasteiger partial charge is 0.128 e. The van der Waals surface area contributed by atoms with E-state index in [1.165, 1.54) is 88.2 Å². The number of nitrogens with zero attached hydrogens (tertiary/aromatic N) is 3. The average molecular weight is 336 g/mol. The molecule has 0 aromatic carbocycles. The Labute approximate surface area is 146 Å². The molecule has 4 rings (SSSR count). The van der Waals surface area contributed by atoms with Crippen LogP contribution in [0.4, 0.5) is 5.82 Å². The molecule has 1 aliphatic carbocycles. The minimum absolute atomic E-state index is 0. The van der Waals surface area contributed by atoms with Gasteiger partial charge in [0.1, 0.15) is 5.82 Å². The molecule has 0 bridgehead atoms. The van der Waals surface area contributed by atoms with Gasteiger partial charge in [0.15, 0.2) is 0 Å². The third-order valence-corrected chi connectivity index (χ3v) is 5.91. The quantitative estimate of drug-likeness (QED) is 0.839. The minimum Gasteiger partial charge on any atom is -0.357 e. The molecular weight excluding hydrogens is 306 g/mol. The minimum atomic E-state index is 0. The van der Waals surface area contributed by atoms with Crippen LogP contribution in [0.3, 0.4) is 0 Å². The number of hydrogen-bond donors (Lipinski definition) is 0. The number of anilines is 1. The van der Waals surface area contributed by atoms with Crippen molar-refractivity contribution in [3.63, 3.8) is 0 Å². The van der Waals surface area contributed by atoms with Crippen molar-refractivity contribution in [2.75, 3.05) is 31.1 Å². The van der Waals surface area contributed by atoms with Crippen LogP contribution in [0.2, 0.25) is 0 Å². The van der Waals surface area contributed by atoms with Crippen molar-refractivity contribution >= 4 is 18.2 Å². The third-order valence-electron chi connectivity index (χ3n) is 5.91. The van der Waals surface area contributed by atoms with Crippen LogP contribution < -0.4 is 4.90 Å². The highest BCUT2D eigenvalue weighted by Gasteiger charge is 2.35. The molecule has 1 aromatic rings. The summed E-state index contributed by atoms with van der Waals surface area (Å²) in [6.07, 6.45) is 9.16. The lowest BCUT2D eigenvalue weighted by Crippen LogP contribution is -2.49. The van der Waals surface area contributed by atoms with Crippen LogP contribution in [-0.4, -0.2) is 42.1 Å². The summed E-state index contributed by atoms with van der Waals surface area (Å²) in [5, 5.41) is 0. The highest BCUT2D eigenvalue weighted by Crippen LogP contribution is 2.35. The largest absolute Gasteiger partial charge is 0.357 e. The first kappa shape index (κ1) is 17.0. The van der Waals surface area contributed by atoms with Crippen LogP contribution in [0.25, 0.3) is 0 Å². The van der Waals surface area contributed by atoms with Gasteiger partial charge in [-0.05, 0) is 75.6 Å². The van der Waals surface area contributed by atoms with Crippen LogP contribution in [-0.2, 0) is 12.8 Å². The molecule has 2 atom stereocenters. The second-order valence-corrected chi connectivity index (χ2v) is 7.38. The lowest BCUT2D eigenvalue weighted by molar-refractivity contribution is 0.0846. The summed E-state index contributed by atoms with van der Waals surface area (Å²) in [6, 6.07) is 5.43. The number of hydrogen-bond acceptors (Lipinski definition) is 3. The maximum absolute atomic E-state index is 5.06. The van der Waals surface area contributed by atoms with Gasteiger partial charge >= 0.3 is 0 Å². The molecule has 2 saturated heterocycles. The van der Waals surface area contributed by atoms with E-state index < -0.39 is 0 Å². The zero-order chi connectivity index (χ0) is 14.9. The van der Waals surface area contributed by atoms with E-state index in [0.29, 0.717) is 0 Å². The van der Waals surface area contributed by atoms with E-state index in [1.54, 1.807) is 0 Å². The molecule has 2 aliphatic heterocycles. The van der Waals surface area contributed by atoms with Gasteiger partial charge in [-0.15, -0.1) is 12.4 Å². The first-order chi connectivity index (χ1) is 10.8. The highest BCUT2D eigenvalue weighted by atomic mass is 35.5. The van der Waals surface area contributed by atoms with Gasteiger partial charge in [-0.25, -0.2) is 4.98 Å². The molecule has 4 heteroatoms. The molecule has 3 heterocycles. The zero-order valence-electron chi connectivity index (χ0n) is 14.3. The van der Waals surface area contributed by atoms with Crippen molar-refractivity contribution in [2.45, 2.75) is 57.9 Å². The molecule has 0 radical (unpaired) electrons. The SMILES string of the molecule is CCCN1CCC[C@H]2Cc3nc(N4CCCC4)ccc3C[C@@H]21.Cl. The lowest BCUT2D eigenvalue weighted by Gasteiger charge is -2.44. The fourth-order valence-corrected chi connectivity index (χ4v) is 4.79. The molecule has 0 amide bonds. The molecular formula is C19H30ClN3. The Bertz CT molecular complexity index is 525. The number of aromatic nitrogens is 1. The Morgan fingerprint density at radius 3 is 2.70 bits per heavy atom. The second kappa shape index (κ2) is 7.40. The van der Waals surface area contributed by atoms with Crippen molar-refractivity contribution in [3.05, 3.63) is 23.4 Å². The molecule has 0 unspecified atom stereocenters. The van der Waals surface area contributed by atoms with Gasteiger partial charge in [0.25, 0.3) is 0 Å². The van der Waals surface area contributed by atoms with Crippen molar-refractivity contribution in [1.82, 2.24) is 9.88 Å². The maximum Gasteiger partial charge on any atom is 0.128 e. The Kier molecular flexibility index (Phi) is 5.48. The second-order valence-electron chi connectivity index (χ2n) is 7.38. The third kappa shape index (κ3) is 3.36. The molecule has 23 heavy (non-hydrogen) atoms. The molecule has 0 N–H and O–H groups in total. The van der Waals surface area contributed by atoms with E-state index in [-0.39, 0.29) is 12.4 Å². The summed E-state index contributed by atoms with van der Waals surface area (Å²) < 4.78 is 0. The highest BCUT2D eigenvalue weighted by molar-refractivity contribution is 5.85. The van der Waals surface area contributed by atoms with Gasteiger partial charge in [0.2, 0.25) is 0 Å². The number of likely N-dealkylation sites (tertiary alicyclic amines) is 1. The van der Waals surface area contributed by atoms with E-state index >= 15 is 0 Å². The Balaban J connectivity index is 0.00000156. The van der Waals surface area contributed by atoms with Crippen molar-refractivity contribution in [2.24, 2.45) is 5.92 Å². The van der Waals surface area contributed by atoms with Gasteiger partial charge in [0, 0.05) is 24.8 Å². The Hall–Kier alpha value is -0.800. The first-order valence-electron chi connectivity index (χ1n) is 9.33. The average Bonchev–Trinajstić information content (AvgIpc) is 3.08. The summed E-state index contributed by atoms with van der Waals surface area (Å²) in [5.41, 5.74) is 2.93. The Morgan fingerprint density at radius 2 is 1.91 bits per heavy atom. The van der Waals surface area contributed by atoms with Gasteiger partial charge in [-0.1, -0.05) is 13.0 Å². The van der Waals surface area contributed by atoms with Crippen LogP contribution in [0.1, 0.15) is 50.3 Å². The predicted molar refractivity (Wildman–Crippen MR) is 98.7 cm³/mol. The molecule has 3 aliphatic rings. The number of fused-ring (bicyclic) bond motifs is 2. The lowest BCUT2D eigenvalue weighted by atomic mass is 9.77. The van der Waals surface area contributed by atoms with E-state index in [1.807, 2.05) is 0 Å². The topological polar surface area (TPSA) is 19.4 Å². The van der Waals surface area contributed by atoms with E-state index in [0.717, 1.165) is 12.0 Å². The van der Waals surface area contributed by atoms with Crippen molar-refractivity contribution in [3.8, 4) is 0 Å². The first-order valence-corrected chi connectivity index (χ1v) is 9.33. The zero-order valence-corrected chi connectivity index (χ0v) is 15.2. The predicted octanol–water partition coefficient (Wildman–Crippen LogP) is 3.69. The monoisotopic (exact) mass is 335 g/mol. The molecule has 0 spiro atoms. The normalized spacial score (nSPS) is 27.3. The molecule has 0 saturated carbocycles. The summed E-state index contributed by atoms with van der Waals surface area (Å²) in [7, 11) is 0. The van der Waals surface area contributed by atoms with Gasteiger partial charge in [0.05, 0.1) is 0 Å².